The molecule has 1 saturated heterocycles. The second-order valence-electron chi connectivity index (χ2n) is 5.53. The number of para-hydroxylation sites is 2. The summed E-state index contributed by atoms with van der Waals surface area (Å²) >= 11 is 0. The molecule has 3 rings (SSSR count). The van der Waals surface area contributed by atoms with Crippen LogP contribution < -0.4 is 15.0 Å². The van der Waals surface area contributed by atoms with E-state index in [0.717, 1.165) is 5.69 Å². The van der Waals surface area contributed by atoms with Crippen LogP contribution >= 0.6 is 0 Å². The number of nitrogens with zero attached hydrogens (tertiary/aromatic N) is 1. The summed E-state index contributed by atoms with van der Waals surface area (Å²) in [4.78, 5) is 26.5. The average molecular weight is 316 g/mol. The first-order valence-electron chi connectivity index (χ1n) is 7.72. The fourth-order valence-electron chi connectivity index (χ4n) is 2.89. The summed E-state index contributed by atoms with van der Waals surface area (Å²) in [5.41, 5.74) is 1.43. The standard InChI is InChI=1S/C17H20N2O4/c1-22-15-5-3-2-4-14(15)19-9-6-13(17(19)21)18-16(20)12-7-10-23-11-8-12/h2-5,7,13H,6,8-11H2,1H3,(H,18,20). The molecule has 1 aromatic rings. The van der Waals surface area contributed by atoms with Gasteiger partial charge >= 0.3 is 0 Å². The Bertz CT molecular complexity index is 641. The topological polar surface area (TPSA) is 67.9 Å². The first-order valence-corrected chi connectivity index (χ1v) is 7.72. The molecule has 1 aromatic carbocycles. The third-order valence-corrected chi connectivity index (χ3v) is 4.14. The lowest BCUT2D eigenvalue weighted by Crippen LogP contribution is -2.42. The van der Waals surface area contributed by atoms with E-state index in [9.17, 15) is 9.59 Å². The Hall–Kier alpha value is -2.34. The van der Waals surface area contributed by atoms with E-state index in [-0.39, 0.29) is 11.8 Å². The number of ether oxygens (including phenoxy) is 2. The highest BCUT2D eigenvalue weighted by molar-refractivity contribution is 6.04. The molecule has 0 aliphatic carbocycles. The largest absolute Gasteiger partial charge is 0.495 e. The summed E-state index contributed by atoms with van der Waals surface area (Å²) in [5, 5.41) is 2.84. The van der Waals surface area contributed by atoms with Gasteiger partial charge in [-0.25, -0.2) is 0 Å². The van der Waals surface area contributed by atoms with E-state index in [4.69, 9.17) is 9.47 Å². The highest BCUT2D eigenvalue weighted by atomic mass is 16.5. The maximum Gasteiger partial charge on any atom is 0.249 e. The van der Waals surface area contributed by atoms with Crippen LogP contribution in [0.3, 0.4) is 0 Å². The molecule has 0 saturated carbocycles. The zero-order chi connectivity index (χ0) is 16.2. The van der Waals surface area contributed by atoms with Crippen LogP contribution in [0.25, 0.3) is 0 Å². The fourth-order valence-corrected chi connectivity index (χ4v) is 2.89. The van der Waals surface area contributed by atoms with Crippen LogP contribution in [-0.4, -0.2) is 44.7 Å². The lowest BCUT2D eigenvalue weighted by Gasteiger charge is -2.20. The predicted molar refractivity (Wildman–Crippen MR) is 85.4 cm³/mol. The van der Waals surface area contributed by atoms with E-state index >= 15 is 0 Å². The second kappa shape index (κ2) is 6.83. The SMILES string of the molecule is COc1ccccc1N1CCC(NC(=O)C2=CCOCC2)C1=O. The number of carbonyl (C=O) groups is 2. The molecule has 1 atom stereocenters. The molecule has 6 heteroatoms. The zero-order valence-electron chi connectivity index (χ0n) is 13.1. The summed E-state index contributed by atoms with van der Waals surface area (Å²) < 4.78 is 10.5. The van der Waals surface area contributed by atoms with Crippen molar-refractivity contribution in [3.8, 4) is 5.75 Å². The molecule has 0 radical (unpaired) electrons. The predicted octanol–water partition coefficient (Wildman–Crippen LogP) is 1.26. The van der Waals surface area contributed by atoms with Crippen LogP contribution in [0, 0.1) is 0 Å². The first kappa shape index (κ1) is 15.6. The highest BCUT2D eigenvalue weighted by Crippen LogP contribution is 2.31. The number of benzene rings is 1. The van der Waals surface area contributed by atoms with Gasteiger partial charge in [-0.3, -0.25) is 9.59 Å². The molecule has 0 aromatic heterocycles. The minimum absolute atomic E-state index is 0.101. The van der Waals surface area contributed by atoms with E-state index in [1.807, 2.05) is 24.3 Å². The Morgan fingerprint density at radius 3 is 2.96 bits per heavy atom. The average Bonchev–Trinajstić information content (AvgIpc) is 2.96. The summed E-state index contributed by atoms with van der Waals surface area (Å²) in [6.07, 6.45) is 2.95. The van der Waals surface area contributed by atoms with Gasteiger partial charge in [-0.1, -0.05) is 18.2 Å². The summed E-state index contributed by atoms with van der Waals surface area (Å²) in [6, 6.07) is 6.91. The van der Waals surface area contributed by atoms with Crippen molar-refractivity contribution >= 4 is 17.5 Å². The van der Waals surface area contributed by atoms with Crippen LogP contribution in [0.15, 0.2) is 35.9 Å². The van der Waals surface area contributed by atoms with Gasteiger partial charge in [-0.05, 0) is 18.6 Å². The van der Waals surface area contributed by atoms with Gasteiger partial charge in [0.1, 0.15) is 11.8 Å². The van der Waals surface area contributed by atoms with Crippen LogP contribution in [0.2, 0.25) is 0 Å². The number of anilines is 1. The number of hydrogen-bond acceptors (Lipinski definition) is 4. The molecule has 1 fully saturated rings. The van der Waals surface area contributed by atoms with Gasteiger partial charge in [0.15, 0.2) is 0 Å². The van der Waals surface area contributed by atoms with Crippen molar-refractivity contribution in [3.05, 3.63) is 35.9 Å². The van der Waals surface area contributed by atoms with Crippen molar-refractivity contribution in [1.29, 1.82) is 0 Å². The first-order chi connectivity index (χ1) is 11.2. The smallest absolute Gasteiger partial charge is 0.249 e. The van der Waals surface area contributed by atoms with E-state index in [1.54, 1.807) is 18.1 Å². The molecule has 2 aliphatic heterocycles. The van der Waals surface area contributed by atoms with Crippen molar-refractivity contribution < 1.29 is 19.1 Å². The minimum Gasteiger partial charge on any atom is -0.495 e. The van der Waals surface area contributed by atoms with Gasteiger partial charge < -0.3 is 19.7 Å². The Balaban J connectivity index is 1.69. The molecular formula is C17H20N2O4. The van der Waals surface area contributed by atoms with E-state index in [0.29, 0.717) is 43.9 Å². The number of carbonyl (C=O) groups excluding carboxylic acids is 2. The van der Waals surface area contributed by atoms with Crippen molar-refractivity contribution in [2.75, 3.05) is 31.8 Å². The Kier molecular flexibility index (Phi) is 4.62. The normalized spacial score (nSPS) is 21.1. The Labute approximate surface area is 135 Å². The van der Waals surface area contributed by atoms with Crippen LogP contribution in [0.5, 0.6) is 5.75 Å². The number of nitrogens with one attached hydrogen (secondary N) is 1. The van der Waals surface area contributed by atoms with Gasteiger partial charge in [0.25, 0.3) is 0 Å². The third-order valence-electron chi connectivity index (χ3n) is 4.14. The summed E-state index contributed by atoms with van der Waals surface area (Å²) in [7, 11) is 1.58. The van der Waals surface area contributed by atoms with E-state index < -0.39 is 6.04 Å². The quantitative estimate of drug-likeness (QED) is 0.908. The molecule has 2 aliphatic rings. The minimum atomic E-state index is -0.490. The molecule has 0 bridgehead atoms. The fraction of sp³-hybridized carbons (Fsp3) is 0.412. The maximum absolute atomic E-state index is 12.6. The lowest BCUT2D eigenvalue weighted by molar-refractivity contribution is -0.124. The molecule has 1 N–H and O–H groups in total. The van der Waals surface area contributed by atoms with E-state index in [1.165, 1.54) is 0 Å². The zero-order valence-corrected chi connectivity index (χ0v) is 13.1. The molecule has 2 heterocycles. The van der Waals surface area contributed by atoms with Crippen LogP contribution in [0.4, 0.5) is 5.69 Å². The van der Waals surface area contributed by atoms with Crippen molar-refractivity contribution in [2.45, 2.75) is 18.9 Å². The Morgan fingerprint density at radius 2 is 2.22 bits per heavy atom. The van der Waals surface area contributed by atoms with Crippen molar-refractivity contribution in [1.82, 2.24) is 5.32 Å². The Morgan fingerprint density at radius 1 is 1.39 bits per heavy atom. The summed E-state index contributed by atoms with van der Waals surface area (Å²) in [5.74, 6) is 0.379. The van der Waals surface area contributed by atoms with E-state index in [2.05, 4.69) is 5.32 Å². The van der Waals surface area contributed by atoms with Gasteiger partial charge in [0.05, 0.1) is 26.0 Å². The third kappa shape index (κ3) is 3.22. The number of amides is 2. The molecule has 6 nitrogen and oxygen atoms in total. The van der Waals surface area contributed by atoms with Gasteiger partial charge in [-0.15, -0.1) is 0 Å². The number of methoxy groups -OCH3 is 1. The van der Waals surface area contributed by atoms with Gasteiger partial charge in [0.2, 0.25) is 11.8 Å². The monoisotopic (exact) mass is 316 g/mol. The molecule has 2 amide bonds. The van der Waals surface area contributed by atoms with Crippen LogP contribution in [-0.2, 0) is 14.3 Å². The van der Waals surface area contributed by atoms with Crippen molar-refractivity contribution in [3.63, 3.8) is 0 Å². The highest BCUT2D eigenvalue weighted by Gasteiger charge is 2.35. The molecular weight excluding hydrogens is 296 g/mol. The van der Waals surface area contributed by atoms with Crippen LogP contribution in [0.1, 0.15) is 12.8 Å². The van der Waals surface area contributed by atoms with Gasteiger partial charge in [-0.2, -0.15) is 0 Å². The van der Waals surface area contributed by atoms with Gasteiger partial charge in [0, 0.05) is 18.5 Å². The molecule has 23 heavy (non-hydrogen) atoms. The molecule has 1 unspecified atom stereocenters. The summed E-state index contributed by atoms with van der Waals surface area (Å²) in [6.45, 7) is 1.56. The molecule has 122 valence electrons. The molecule has 0 spiro atoms. The second-order valence-corrected chi connectivity index (χ2v) is 5.53. The number of hydrogen-bond donors (Lipinski definition) is 1. The van der Waals surface area contributed by atoms with Crippen molar-refractivity contribution in [2.24, 2.45) is 0 Å². The maximum atomic E-state index is 12.6. The number of rotatable bonds is 4. The lowest BCUT2D eigenvalue weighted by atomic mass is 10.1.